The number of hydrogen-bond donors (Lipinski definition) is 1. The van der Waals surface area contributed by atoms with Crippen LogP contribution in [0.25, 0.3) is 11.3 Å². The Kier molecular flexibility index (Phi) is 4.34. The van der Waals surface area contributed by atoms with Crippen LogP contribution in [0.4, 0.5) is 0 Å². The van der Waals surface area contributed by atoms with Crippen molar-refractivity contribution in [2.45, 2.75) is 13.5 Å². The van der Waals surface area contributed by atoms with Gasteiger partial charge >= 0.3 is 0 Å². The van der Waals surface area contributed by atoms with Gasteiger partial charge in [-0.1, -0.05) is 23.7 Å². The third-order valence-corrected chi connectivity index (χ3v) is 4.52. The summed E-state index contributed by atoms with van der Waals surface area (Å²) in [6.45, 7) is 7.81. The van der Waals surface area contributed by atoms with Crippen molar-refractivity contribution in [2.75, 3.05) is 33.2 Å². The quantitative estimate of drug-likeness (QED) is 0.939. The molecule has 1 aromatic heterocycles. The first-order valence-electron chi connectivity index (χ1n) is 7.47. The second kappa shape index (κ2) is 6.22. The first-order valence-corrected chi connectivity index (χ1v) is 7.85. The van der Waals surface area contributed by atoms with E-state index in [4.69, 9.17) is 11.6 Å². The maximum Gasteiger partial charge on any atom is 0.0459 e. The summed E-state index contributed by atoms with van der Waals surface area (Å²) in [6, 6.07) is 10.3. The third kappa shape index (κ3) is 3.49. The van der Waals surface area contributed by atoms with E-state index in [9.17, 15) is 0 Å². The molecular formula is C17H22ClN3. The summed E-state index contributed by atoms with van der Waals surface area (Å²) in [5.41, 5.74) is 5.02. The maximum atomic E-state index is 5.96. The maximum absolute atomic E-state index is 5.96. The van der Waals surface area contributed by atoms with Gasteiger partial charge in [0.1, 0.15) is 0 Å². The molecule has 0 radical (unpaired) electrons. The highest BCUT2D eigenvalue weighted by Crippen LogP contribution is 2.24. The van der Waals surface area contributed by atoms with Crippen LogP contribution in [0, 0.1) is 6.92 Å². The molecule has 4 heteroatoms. The van der Waals surface area contributed by atoms with E-state index in [1.165, 1.54) is 22.5 Å². The zero-order valence-corrected chi connectivity index (χ0v) is 13.5. The van der Waals surface area contributed by atoms with E-state index in [-0.39, 0.29) is 0 Å². The van der Waals surface area contributed by atoms with Crippen LogP contribution in [0.2, 0.25) is 5.02 Å². The fourth-order valence-corrected chi connectivity index (χ4v) is 2.92. The number of aromatic amines is 1. The number of nitrogens with one attached hydrogen (secondary N) is 1. The van der Waals surface area contributed by atoms with Crippen LogP contribution in [-0.4, -0.2) is 48.0 Å². The molecule has 112 valence electrons. The van der Waals surface area contributed by atoms with E-state index < -0.39 is 0 Å². The third-order valence-electron chi connectivity index (χ3n) is 4.27. The molecule has 0 bridgehead atoms. The highest BCUT2D eigenvalue weighted by molar-refractivity contribution is 6.30. The van der Waals surface area contributed by atoms with E-state index in [0.29, 0.717) is 0 Å². The van der Waals surface area contributed by atoms with Gasteiger partial charge in [0.05, 0.1) is 0 Å². The minimum Gasteiger partial charge on any atom is -0.358 e. The Morgan fingerprint density at radius 1 is 1.10 bits per heavy atom. The summed E-state index contributed by atoms with van der Waals surface area (Å²) in [7, 11) is 2.19. The smallest absolute Gasteiger partial charge is 0.0459 e. The lowest BCUT2D eigenvalue weighted by Gasteiger charge is -2.32. The van der Waals surface area contributed by atoms with Crippen molar-refractivity contribution in [1.82, 2.24) is 14.8 Å². The molecule has 1 saturated heterocycles. The molecule has 2 aromatic rings. The van der Waals surface area contributed by atoms with Gasteiger partial charge in [0.25, 0.3) is 0 Å². The number of likely N-dealkylation sites (N-methyl/N-ethyl adjacent to an activating group) is 1. The molecule has 0 unspecified atom stereocenters. The molecule has 3 nitrogen and oxygen atoms in total. The van der Waals surface area contributed by atoms with Gasteiger partial charge in [-0.15, -0.1) is 0 Å². The number of rotatable bonds is 3. The summed E-state index contributed by atoms with van der Waals surface area (Å²) >= 11 is 5.96. The zero-order valence-electron chi connectivity index (χ0n) is 12.7. The van der Waals surface area contributed by atoms with Crippen molar-refractivity contribution in [2.24, 2.45) is 0 Å². The minimum absolute atomic E-state index is 0.777. The molecule has 21 heavy (non-hydrogen) atoms. The van der Waals surface area contributed by atoms with E-state index in [0.717, 1.165) is 37.7 Å². The van der Waals surface area contributed by atoms with Crippen molar-refractivity contribution < 1.29 is 0 Å². The van der Waals surface area contributed by atoms with Gasteiger partial charge in [-0.25, -0.2) is 0 Å². The number of halogens is 1. The van der Waals surface area contributed by atoms with Gasteiger partial charge in [-0.2, -0.15) is 0 Å². The number of aryl methyl sites for hydroxylation is 1. The Balaban J connectivity index is 1.73. The fourth-order valence-electron chi connectivity index (χ4n) is 2.80. The topological polar surface area (TPSA) is 22.3 Å². The summed E-state index contributed by atoms with van der Waals surface area (Å²) in [5.74, 6) is 0. The van der Waals surface area contributed by atoms with Crippen molar-refractivity contribution in [3.05, 3.63) is 46.6 Å². The number of aromatic nitrogens is 1. The molecule has 3 rings (SSSR count). The molecule has 1 fully saturated rings. The predicted octanol–water partition coefficient (Wildman–Crippen LogP) is 3.39. The summed E-state index contributed by atoms with van der Waals surface area (Å²) in [6.07, 6.45) is 0. The Morgan fingerprint density at radius 2 is 1.76 bits per heavy atom. The van der Waals surface area contributed by atoms with Crippen LogP contribution < -0.4 is 0 Å². The molecule has 0 amide bonds. The van der Waals surface area contributed by atoms with Gasteiger partial charge in [0.2, 0.25) is 0 Å². The minimum atomic E-state index is 0.777. The van der Waals surface area contributed by atoms with Gasteiger partial charge in [-0.05, 0) is 43.3 Å². The predicted molar refractivity (Wildman–Crippen MR) is 88.7 cm³/mol. The molecule has 0 aliphatic carbocycles. The zero-order chi connectivity index (χ0) is 14.8. The first-order chi connectivity index (χ1) is 10.1. The molecular weight excluding hydrogens is 282 g/mol. The molecule has 0 saturated carbocycles. The lowest BCUT2D eigenvalue weighted by Crippen LogP contribution is -2.43. The fraction of sp³-hybridized carbons (Fsp3) is 0.412. The Bertz CT molecular complexity index is 595. The largest absolute Gasteiger partial charge is 0.358 e. The van der Waals surface area contributed by atoms with Gasteiger partial charge < -0.3 is 9.88 Å². The SMILES string of the molecule is Cc1[nH]c(-c2ccc(Cl)cc2)cc1CN1CCN(C)CC1. The number of nitrogens with zero attached hydrogens (tertiary/aromatic N) is 2. The van der Waals surface area contributed by atoms with Crippen LogP contribution >= 0.6 is 11.6 Å². The standard InChI is InChI=1S/C17H22ClN3/c1-13-15(12-21-9-7-20(2)8-10-21)11-17(19-13)14-3-5-16(18)6-4-14/h3-6,11,19H,7-10,12H2,1-2H3. The number of H-pyrrole nitrogens is 1. The van der Waals surface area contributed by atoms with Gasteiger partial charge in [-0.3, -0.25) is 4.90 Å². The van der Waals surface area contributed by atoms with Crippen molar-refractivity contribution in [3.8, 4) is 11.3 Å². The average molecular weight is 304 g/mol. The van der Waals surface area contributed by atoms with Crippen LogP contribution in [0.1, 0.15) is 11.3 Å². The number of piperazine rings is 1. The molecule has 0 atom stereocenters. The molecule has 1 aromatic carbocycles. The van der Waals surface area contributed by atoms with Crippen LogP contribution in [0.5, 0.6) is 0 Å². The van der Waals surface area contributed by atoms with Crippen molar-refractivity contribution in [1.29, 1.82) is 0 Å². The highest BCUT2D eigenvalue weighted by atomic mass is 35.5. The average Bonchev–Trinajstić information content (AvgIpc) is 2.83. The van der Waals surface area contributed by atoms with E-state index in [1.54, 1.807) is 0 Å². The number of hydrogen-bond acceptors (Lipinski definition) is 2. The van der Waals surface area contributed by atoms with Crippen LogP contribution in [0.3, 0.4) is 0 Å². The van der Waals surface area contributed by atoms with Gasteiger partial charge in [0, 0.05) is 49.1 Å². The molecule has 1 N–H and O–H groups in total. The number of benzene rings is 1. The van der Waals surface area contributed by atoms with Crippen molar-refractivity contribution in [3.63, 3.8) is 0 Å². The Labute approximate surface area is 131 Å². The Morgan fingerprint density at radius 3 is 2.43 bits per heavy atom. The summed E-state index contributed by atoms with van der Waals surface area (Å²) in [5, 5.41) is 0.777. The normalized spacial score (nSPS) is 17.3. The van der Waals surface area contributed by atoms with Crippen molar-refractivity contribution >= 4 is 11.6 Å². The monoisotopic (exact) mass is 303 g/mol. The molecule has 0 spiro atoms. The molecule has 2 heterocycles. The Hall–Kier alpha value is -1.29. The second-order valence-electron chi connectivity index (χ2n) is 5.92. The first kappa shape index (κ1) is 14.6. The molecule has 1 aliphatic heterocycles. The molecule has 1 aliphatic rings. The highest BCUT2D eigenvalue weighted by Gasteiger charge is 2.16. The van der Waals surface area contributed by atoms with E-state index in [2.05, 4.69) is 47.0 Å². The lowest BCUT2D eigenvalue weighted by molar-refractivity contribution is 0.148. The van der Waals surface area contributed by atoms with Gasteiger partial charge in [0.15, 0.2) is 0 Å². The summed E-state index contributed by atoms with van der Waals surface area (Å²) in [4.78, 5) is 8.42. The van der Waals surface area contributed by atoms with E-state index in [1.807, 2.05) is 12.1 Å². The van der Waals surface area contributed by atoms with E-state index >= 15 is 0 Å². The van der Waals surface area contributed by atoms with Crippen LogP contribution in [0.15, 0.2) is 30.3 Å². The summed E-state index contributed by atoms with van der Waals surface area (Å²) < 4.78 is 0. The lowest BCUT2D eigenvalue weighted by atomic mass is 10.1. The second-order valence-corrected chi connectivity index (χ2v) is 6.36. The van der Waals surface area contributed by atoms with Crippen LogP contribution in [-0.2, 0) is 6.54 Å².